The minimum absolute atomic E-state index is 0.353. The summed E-state index contributed by atoms with van der Waals surface area (Å²) in [5.74, 6) is 0.338. The van der Waals surface area contributed by atoms with Crippen molar-refractivity contribution in [3.05, 3.63) is 88.9 Å². The van der Waals surface area contributed by atoms with Crippen LogP contribution in [0.1, 0.15) is 15.9 Å². The second-order valence-electron chi connectivity index (χ2n) is 8.15. The highest BCUT2D eigenvalue weighted by atomic mass is 35.5. The summed E-state index contributed by atoms with van der Waals surface area (Å²) in [6.07, 6.45) is 0. The molecule has 172 valence electrons. The summed E-state index contributed by atoms with van der Waals surface area (Å²) in [6.45, 7) is 6.44. The minimum Gasteiger partial charge on any atom is -0.492 e. The van der Waals surface area contributed by atoms with E-state index in [-0.39, 0.29) is 5.97 Å². The molecule has 0 spiro atoms. The monoisotopic (exact) mass is 464 g/mol. The summed E-state index contributed by atoms with van der Waals surface area (Å²) >= 11 is 6.06. The Morgan fingerprint density at radius 2 is 1.64 bits per heavy atom. The molecule has 1 heterocycles. The molecule has 1 saturated heterocycles. The van der Waals surface area contributed by atoms with Crippen LogP contribution >= 0.6 is 11.6 Å². The highest BCUT2D eigenvalue weighted by molar-refractivity contribution is 6.30. The maximum atomic E-state index is 11.7. The van der Waals surface area contributed by atoms with Crippen molar-refractivity contribution < 1.29 is 14.3 Å². The lowest BCUT2D eigenvalue weighted by atomic mass is 9.99. The Labute approximate surface area is 200 Å². The Kier molecular flexibility index (Phi) is 8.00. The molecule has 0 amide bonds. The van der Waals surface area contributed by atoms with Gasteiger partial charge in [-0.05, 0) is 47.0 Å². The Hall–Kier alpha value is -2.86. The first-order valence-electron chi connectivity index (χ1n) is 11.2. The van der Waals surface area contributed by atoms with Crippen LogP contribution in [-0.4, -0.2) is 62.2 Å². The first-order chi connectivity index (χ1) is 16.1. The third kappa shape index (κ3) is 6.35. The first-order valence-corrected chi connectivity index (χ1v) is 11.6. The molecule has 0 radical (unpaired) electrons. The second kappa shape index (κ2) is 11.3. The number of hydrogen-bond acceptors (Lipinski definition) is 5. The number of piperazine rings is 1. The van der Waals surface area contributed by atoms with Gasteiger partial charge in [-0.2, -0.15) is 0 Å². The number of halogens is 1. The van der Waals surface area contributed by atoms with Crippen molar-refractivity contribution >= 4 is 17.6 Å². The van der Waals surface area contributed by atoms with Gasteiger partial charge >= 0.3 is 5.97 Å². The summed E-state index contributed by atoms with van der Waals surface area (Å²) in [5.41, 5.74) is 4.30. The molecule has 1 fully saturated rings. The second-order valence-corrected chi connectivity index (χ2v) is 8.59. The number of rotatable bonds is 8. The number of carbonyl (C=O) groups excluding carboxylic acids is 1. The van der Waals surface area contributed by atoms with E-state index in [0.717, 1.165) is 44.3 Å². The number of ether oxygens (including phenoxy) is 2. The Bertz CT molecular complexity index is 1060. The molecular weight excluding hydrogens is 436 g/mol. The third-order valence-electron chi connectivity index (χ3n) is 5.96. The third-order valence-corrected chi connectivity index (χ3v) is 6.21. The van der Waals surface area contributed by atoms with Gasteiger partial charge in [-0.1, -0.05) is 54.1 Å². The molecule has 0 saturated carbocycles. The molecule has 0 aliphatic carbocycles. The standard InChI is InChI=1S/C27H29ClN2O3/c1-32-27(31)22-6-4-7-25(19-22)33-18-17-29-13-15-30(16-14-29)20-23-5-2-3-8-26(23)21-9-11-24(28)12-10-21/h2-12,19H,13-18,20H2,1H3. The van der Waals surface area contributed by atoms with Crippen molar-refractivity contribution in [3.8, 4) is 16.9 Å². The quantitative estimate of drug-likeness (QED) is 0.439. The number of hydrogen-bond donors (Lipinski definition) is 0. The predicted octanol–water partition coefficient (Wildman–Crippen LogP) is 4.99. The molecular formula is C27H29ClN2O3. The van der Waals surface area contributed by atoms with E-state index in [1.165, 1.54) is 23.8 Å². The highest BCUT2D eigenvalue weighted by Gasteiger charge is 2.18. The molecule has 0 unspecified atom stereocenters. The SMILES string of the molecule is COC(=O)c1cccc(OCCN2CCN(Cc3ccccc3-c3ccc(Cl)cc3)CC2)c1. The molecule has 3 aromatic carbocycles. The lowest BCUT2D eigenvalue weighted by Gasteiger charge is -2.35. The lowest BCUT2D eigenvalue weighted by Crippen LogP contribution is -2.47. The van der Waals surface area contributed by atoms with E-state index in [2.05, 4.69) is 46.2 Å². The van der Waals surface area contributed by atoms with Crippen LogP contribution in [0.25, 0.3) is 11.1 Å². The van der Waals surface area contributed by atoms with E-state index in [9.17, 15) is 4.79 Å². The van der Waals surface area contributed by atoms with E-state index >= 15 is 0 Å². The fraction of sp³-hybridized carbons (Fsp3) is 0.296. The Morgan fingerprint density at radius 3 is 2.39 bits per heavy atom. The molecule has 0 aromatic heterocycles. The first kappa shape index (κ1) is 23.3. The molecule has 5 nitrogen and oxygen atoms in total. The van der Waals surface area contributed by atoms with Crippen molar-refractivity contribution in [2.75, 3.05) is 46.4 Å². The van der Waals surface area contributed by atoms with Gasteiger partial charge in [0.1, 0.15) is 12.4 Å². The highest BCUT2D eigenvalue weighted by Crippen LogP contribution is 2.26. The molecule has 6 heteroatoms. The van der Waals surface area contributed by atoms with Gasteiger partial charge in [-0.15, -0.1) is 0 Å². The summed E-state index contributed by atoms with van der Waals surface area (Å²) in [6, 6.07) is 23.8. The van der Waals surface area contributed by atoms with Crippen LogP contribution in [0.3, 0.4) is 0 Å². The van der Waals surface area contributed by atoms with Gasteiger partial charge in [0.05, 0.1) is 12.7 Å². The molecule has 1 aliphatic rings. The van der Waals surface area contributed by atoms with Gasteiger partial charge in [0.2, 0.25) is 0 Å². The maximum Gasteiger partial charge on any atom is 0.337 e. The number of carbonyl (C=O) groups is 1. The normalized spacial score (nSPS) is 14.7. The smallest absolute Gasteiger partial charge is 0.337 e. The van der Waals surface area contributed by atoms with Gasteiger partial charge < -0.3 is 9.47 Å². The van der Waals surface area contributed by atoms with Gasteiger partial charge in [0.15, 0.2) is 0 Å². The average Bonchev–Trinajstić information content (AvgIpc) is 2.86. The molecule has 1 aliphatic heterocycles. The van der Waals surface area contributed by atoms with Crippen LogP contribution in [0.5, 0.6) is 5.75 Å². The van der Waals surface area contributed by atoms with Crippen molar-refractivity contribution in [2.45, 2.75) is 6.54 Å². The topological polar surface area (TPSA) is 42.0 Å². The zero-order valence-electron chi connectivity index (χ0n) is 18.9. The fourth-order valence-corrected chi connectivity index (χ4v) is 4.23. The van der Waals surface area contributed by atoms with Gasteiger partial charge in [0, 0.05) is 44.3 Å². The van der Waals surface area contributed by atoms with Crippen LogP contribution in [0.4, 0.5) is 0 Å². The number of esters is 1. The van der Waals surface area contributed by atoms with Crippen molar-refractivity contribution in [2.24, 2.45) is 0 Å². The van der Waals surface area contributed by atoms with Crippen molar-refractivity contribution in [1.82, 2.24) is 9.80 Å². The van der Waals surface area contributed by atoms with Crippen LogP contribution in [0.2, 0.25) is 5.02 Å². The summed E-state index contributed by atoms with van der Waals surface area (Å²) in [4.78, 5) is 16.6. The number of nitrogens with zero attached hydrogens (tertiary/aromatic N) is 2. The average molecular weight is 465 g/mol. The largest absolute Gasteiger partial charge is 0.492 e. The molecule has 3 aromatic rings. The summed E-state index contributed by atoms with van der Waals surface area (Å²) < 4.78 is 10.6. The van der Waals surface area contributed by atoms with E-state index in [1.807, 2.05) is 24.3 Å². The lowest BCUT2D eigenvalue weighted by molar-refractivity contribution is 0.0600. The van der Waals surface area contributed by atoms with Crippen molar-refractivity contribution in [3.63, 3.8) is 0 Å². The van der Waals surface area contributed by atoms with E-state index in [4.69, 9.17) is 21.1 Å². The van der Waals surface area contributed by atoms with Crippen LogP contribution < -0.4 is 4.74 Å². The fourth-order valence-electron chi connectivity index (χ4n) is 4.10. The van der Waals surface area contributed by atoms with Crippen molar-refractivity contribution in [1.29, 1.82) is 0 Å². The Morgan fingerprint density at radius 1 is 0.909 bits per heavy atom. The predicted molar refractivity (Wildman–Crippen MR) is 132 cm³/mol. The van der Waals surface area contributed by atoms with E-state index in [1.54, 1.807) is 12.1 Å². The van der Waals surface area contributed by atoms with Crippen LogP contribution in [0.15, 0.2) is 72.8 Å². The van der Waals surface area contributed by atoms with Crippen LogP contribution in [0, 0.1) is 0 Å². The van der Waals surface area contributed by atoms with E-state index < -0.39 is 0 Å². The van der Waals surface area contributed by atoms with Crippen LogP contribution in [-0.2, 0) is 11.3 Å². The number of methoxy groups -OCH3 is 1. The zero-order chi connectivity index (χ0) is 23.0. The Balaban J connectivity index is 1.26. The molecule has 0 N–H and O–H groups in total. The zero-order valence-corrected chi connectivity index (χ0v) is 19.6. The number of benzene rings is 3. The van der Waals surface area contributed by atoms with Gasteiger partial charge in [0.25, 0.3) is 0 Å². The molecule has 33 heavy (non-hydrogen) atoms. The summed E-state index contributed by atoms with van der Waals surface area (Å²) in [7, 11) is 1.38. The van der Waals surface area contributed by atoms with Gasteiger partial charge in [-0.25, -0.2) is 4.79 Å². The van der Waals surface area contributed by atoms with Gasteiger partial charge in [-0.3, -0.25) is 9.80 Å². The maximum absolute atomic E-state index is 11.7. The van der Waals surface area contributed by atoms with E-state index in [0.29, 0.717) is 17.9 Å². The summed E-state index contributed by atoms with van der Waals surface area (Å²) in [5, 5.41) is 0.757. The molecule has 0 bridgehead atoms. The molecule has 0 atom stereocenters. The minimum atomic E-state index is -0.353. The molecule has 4 rings (SSSR count).